The van der Waals surface area contributed by atoms with Crippen molar-refractivity contribution in [3.63, 3.8) is 0 Å². The normalized spacial score (nSPS) is 25.4. The van der Waals surface area contributed by atoms with Crippen LogP contribution in [0, 0.1) is 5.92 Å². The van der Waals surface area contributed by atoms with Crippen molar-refractivity contribution in [2.24, 2.45) is 5.92 Å². The van der Waals surface area contributed by atoms with Gasteiger partial charge in [-0.3, -0.25) is 4.79 Å². The van der Waals surface area contributed by atoms with Gasteiger partial charge in [0.15, 0.2) is 0 Å². The Morgan fingerprint density at radius 3 is 2.17 bits per heavy atom. The molecule has 2 nitrogen and oxygen atoms in total. The van der Waals surface area contributed by atoms with Crippen molar-refractivity contribution in [1.82, 2.24) is 4.90 Å². The molecule has 0 aromatic rings. The van der Waals surface area contributed by atoms with Crippen LogP contribution in [0.4, 0.5) is 0 Å². The van der Waals surface area contributed by atoms with Gasteiger partial charge >= 0.3 is 0 Å². The standard InChI is InChI=1S/C16H25NO/c18-16(12-13-4-2-1-3-5-13)17-10-8-15(9-11-17)14-6-7-14/h13H,1-12H2. The molecule has 0 N–H and O–H groups in total. The Labute approximate surface area is 110 Å². The minimum absolute atomic E-state index is 0.432. The minimum Gasteiger partial charge on any atom is -0.342 e. The Bertz CT molecular complexity index is 336. The van der Waals surface area contributed by atoms with Gasteiger partial charge in [-0.15, -0.1) is 0 Å². The van der Waals surface area contributed by atoms with Gasteiger partial charge in [0.1, 0.15) is 0 Å². The summed E-state index contributed by atoms with van der Waals surface area (Å²) >= 11 is 0. The molecule has 2 heteroatoms. The summed E-state index contributed by atoms with van der Waals surface area (Å²) in [4.78, 5) is 14.4. The van der Waals surface area contributed by atoms with Gasteiger partial charge in [-0.2, -0.15) is 0 Å². The second-order valence-corrected chi connectivity index (χ2v) is 6.30. The predicted molar refractivity (Wildman–Crippen MR) is 73.3 cm³/mol. The van der Waals surface area contributed by atoms with Gasteiger partial charge in [0.25, 0.3) is 0 Å². The lowest BCUT2D eigenvalue weighted by molar-refractivity contribution is -0.132. The molecule has 1 aliphatic heterocycles. The molecule has 0 aromatic heterocycles. The lowest BCUT2D eigenvalue weighted by atomic mass is 9.86. The highest BCUT2D eigenvalue weighted by Crippen LogP contribution is 2.36. The van der Waals surface area contributed by atoms with Crippen molar-refractivity contribution >= 4 is 5.91 Å². The number of piperidine rings is 1. The Hall–Kier alpha value is -0.790. The summed E-state index contributed by atoms with van der Waals surface area (Å²) in [5.41, 5.74) is 3.38. The fourth-order valence-electron chi connectivity index (χ4n) is 3.56. The zero-order valence-electron chi connectivity index (χ0n) is 11.4. The van der Waals surface area contributed by atoms with Crippen molar-refractivity contribution in [2.75, 3.05) is 13.1 Å². The molecule has 2 aliphatic carbocycles. The van der Waals surface area contributed by atoms with Crippen LogP contribution < -0.4 is 0 Å². The van der Waals surface area contributed by atoms with Crippen LogP contribution in [0.5, 0.6) is 0 Å². The summed E-state index contributed by atoms with van der Waals surface area (Å²) < 4.78 is 0. The number of hydrogen-bond acceptors (Lipinski definition) is 1. The number of carbonyl (C=O) groups excluding carboxylic acids is 1. The van der Waals surface area contributed by atoms with Crippen molar-refractivity contribution in [2.45, 2.75) is 64.2 Å². The lowest BCUT2D eigenvalue weighted by Gasteiger charge is -2.31. The molecule has 100 valence electrons. The maximum atomic E-state index is 12.3. The first kappa shape index (κ1) is 12.3. The van der Waals surface area contributed by atoms with E-state index >= 15 is 0 Å². The van der Waals surface area contributed by atoms with Gasteiger partial charge in [0.05, 0.1) is 0 Å². The highest BCUT2D eigenvalue weighted by Gasteiger charge is 2.26. The molecule has 2 saturated carbocycles. The molecule has 0 spiro atoms. The number of allylic oxidation sites excluding steroid dienone is 1. The van der Waals surface area contributed by atoms with E-state index < -0.39 is 0 Å². The molecule has 3 rings (SSSR count). The highest BCUT2D eigenvalue weighted by atomic mass is 16.2. The topological polar surface area (TPSA) is 20.3 Å². The quantitative estimate of drug-likeness (QED) is 0.682. The summed E-state index contributed by atoms with van der Waals surface area (Å²) in [5.74, 6) is 1.12. The molecule has 3 fully saturated rings. The fraction of sp³-hybridized carbons (Fsp3) is 0.812. The molecule has 1 heterocycles. The highest BCUT2D eigenvalue weighted by molar-refractivity contribution is 5.76. The first-order valence-corrected chi connectivity index (χ1v) is 7.80. The third-order valence-electron chi connectivity index (χ3n) is 4.91. The van der Waals surface area contributed by atoms with Crippen molar-refractivity contribution in [3.05, 3.63) is 11.1 Å². The molecular weight excluding hydrogens is 222 g/mol. The van der Waals surface area contributed by atoms with Crippen LogP contribution in [-0.2, 0) is 4.79 Å². The van der Waals surface area contributed by atoms with Crippen LogP contribution in [0.15, 0.2) is 11.1 Å². The molecular formula is C16H25NO. The smallest absolute Gasteiger partial charge is 0.222 e. The Morgan fingerprint density at radius 2 is 1.56 bits per heavy atom. The van der Waals surface area contributed by atoms with E-state index in [4.69, 9.17) is 0 Å². The maximum Gasteiger partial charge on any atom is 0.222 e. The summed E-state index contributed by atoms with van der Waals surface area (Å²) in [6.07, 6.45) is 12.5. The third-order valence-corrected chi connectivity index (χ3v) is 4.91. The van der Waals surface area contributed by atoms with Gasteiger partial charge in [0.2, 0.25) is 5.91 Å². The molecule has 0 atom stereocenters. The van der Waals surface area contributed by atoms with E-state index in [1.807, 2.05) is 0 Å². The minimum atomic E-state index is 0.432. The van der Waals surface area contributed by atoms with Crippen molar-refractivity contribution < 1.29 is 4.79 Å². The van der Waals surface area contributed by atoms with E-state index in [-0.39, 0.29) is 0 Å². The largest absolute Gasteiger partial charge is 0.342 e. The summed E-state index contributed by atoms with van der Waals surface area (Å²) in [6.45, 7) is 1.98. The van der Waals surface area contributed by atoms with E-state index in [1.165, 1.54) is 44.9 Å². The summed E-state index contributed by atoms with van der Waals surface area (Å²) in [5, 5.41) is 0. The van der Waals surface area contributed by atoms with E-state index in [9.17, 15) is 4.79 Å². The third kappa shape index (κ3) is 2.96. The average molecular weight is 247 g/mol. The number of likely N-dealkylation sites (tertiary alicyclic amines) is 1. The second kappa shape index (κ2) is 5.46. The maximum absolute atomic E-state index is 12.3. The molecule has 1 saturated heterocycles. The first-order valence-electron chi connectivity index (χ1n) is 7.80. The van der Waals surface area contributed by atoms with E-state index in [0.29, 0.717) is 11.8 Å². The molecule has 0 bridgehead atoms. The van der Waals surface area contributed by atoms with Crippen LogP contribution in [0.2, 0.25) is 0 Å². The molecule has 0 radical (unpaired) electrons. The SMILES string of the molecule is O=C(CC1CCCCC1)N1CCC(=C2CC2)CC1. The summed E-state index contributed by atoms with van der Waals surface area (Å²) in [6, 6.07) is 0. The monoisotopic (exact) mass is 247 g/mol. The predicted octanol–water partition coefficient (Wildman–Crippen LogP) is 3.67. The van der Waals surface area contributed by atoms with Gasteiger partial charge in [0, 0.05) is 19.5 Å². The number of carbonyl (C=O) groups is 1. The van der Waals surface area contributed by atoms with Gasteiger partial charge < -0.3 is 4.90 Å². The van der Waals surface area contributed by atoms with Crippen LogP contribution in [0.3, 0.4) is 0 Å². The van der Waals surface area contributed by atoms with Crippen LogP contribution in [0.1, 0.15) is 64.2 Å². The Kier molecular flexibility index (Phi) is 3.72. The average Bonchev–Trinajstić information content (AvgIpc) is 3.24. The van der Waals surface area contributed by atoms with Crippen molar-refractivity contribution in [1.29, 1.82) is 0 Å². The molecule has 0 aromatic carbocycles. The van der Waals surface area contributed by atoms with Gasteiger partial charge in [-0.05, 0) is 44.4 Å². The van der Waals surface area contributed by atoms with Gasteiger partial charge in [-0.1, -0.05) is 30.4 Å². The zero-order chi connectivity index (χ0) is 12.4. The number of nitrogens with zero attached hydrogens (tertiary/aromatic N) is 1. The summed E-state index contributed by atoms with van der Waals surface area (Å²) in [7, 11) is 0. The van der Waals surface area contributed by atoms with Crippen LogP contribution in [-0.4, -0.2) is 23.9 Å². The fourth-order valence-corrected chi connectivity index (χ4v) is 3.56. The van der Waals surface area contributed by atoms with E-state index in [2.05, 4.69) is 4.90 Å². The number of hydrogen-bond donors (Lipinski definition) is 0. The van der Waals surface area contributed by atoms with E-state index in [1.54, 1.807) is 11.1 Å². The number of rotatable bonds is 2. The molecule has 3 aliphatic rings. The Morgan fingerprint density at radius 1 is 0.944 bits per heavy atom. The van der Waals surface area contributed by atoms with Crippen LogP contribution >= 0.6 is 0 Å². The second-order valence-electron chi connectivity index (χ2n) is 6.30. The van der Waals surface area contributed by atoms with Gasteiger partial charge in [-0.25, -0.2) is 0 Å². The first-order chi connectivity index (χ1) is 8.83. The molecule has 0 unspecified atom stereocenters. The zero-order valence-corrected chi connectivity index (χ0v) is 11.4. The Balaban J connectivity index is 1.46. The van der Waals surface area contributed by atoms with E-state index in [0.717, 1.165) is 32.4 Å². The lowest BCUT2D eigenvalue weighted by Crippen LogP contribution is -2.37. The van der Waals surface area contributed by atoms with Crippen LogP contribution in [0.25, 0.3) is 0 Å². The van der Waals surface area contributed by atoms with Crippen molar-refractivity contribution in [3.8, 4) is 0 Å². The molecule has 1 amide bonds. The molecule has 18 heavy (non-hydrogen) atoms. The number of amides is 1.